The molecule has 4 rings (SSSR count). The van der Waals surface area contributed by atoms with Crippen LogP contribution in [0.3, 0.4) is 0 Å². The van der Waals surface area contributed by atoms with Crippen molar-refractivity contribution < 1.29 is 23.9 Å². The van der Waals surface area contributed by atoms with Crippen molar-refractivity contribution >= 4 is 29.4 Å². The van der Waals surface area contributed by atoms with Crippen molar-refractivity contribution in [3.05, 3.63) is 53.6 Å². The molecule has 1 aromatic heterocycles. The van der Waals surface area contributed by atoms with Gasteiger partial charge in [-0.2, -0.15) is 0 Å². The molecule has 30 heavy (non-hydrogen) atoms. The normalized spacial score (nSPS) is 16.6. The van der Waals surface area contributed by atoms with E-state index in [0.717, 1.165) is 4.90 Å². The number of esters is 1. The summed E-state index contributed by atoms with van der Waals surface area (Å²) >= 11 is 0. The van der Waals surface area contributed by atoms with E-state index in [4.69, 9.17) is 4.74 Å². The predicted octanol–water partition coefficient (Wildman–Crippen LogP) is 1.69. The molecule has 0 N–H and O–H groups in total. The number of nitrogens with zero attached hydrogens (tertiary/aromatic N) is 4. The Morgan fingerprint density at radius 3 is 2.43 bits per heavy atom. The van der Waals surface area contributed by atoms with Crippen LogP contribution < -0.4 is 4.90 Å². The zero-order valence-electron chi connectivity index (χ0n) is 16.4. The van der Waals surface area contributed by atoms with E-state index in [0.29, 0.717) is 43.8 Å². The molecule has 0 aliphatic carbocycles. The molecule has 0 radical (unpaired) electrons. The maximum atomic E-state index is 12.8. The van der Waals surface area contributed by atoms with Gasteiger partial charge in [0.1, 0.15) is 12.0 Å². The molecule has 2 aliphatic heterocycles. The molecule has 2 aliphatic rings. The van der Waals surface area contributed by atoms with Crippen molar-refractivity contribution in [3.63, 3.8) is 0 Å². The molecular weight excluding hydrogens is 388 g/mol. The van der Waals surface area contributed by atoms with E-state index in [1.54, 1.807) is 36.1 Å². The summed E-state index contributed by atoms with van der Waals surface area (Å²) < 4.78 is 5.05. The van der Waals surface area contributed by atoms with Crippen LogP contribution in [-0.2, 0) is 9.53 Å². The fourth-order valence-electron chi connectivity index (χ4n) is 3.72. The van der Waals surface area contributed by atoms with Crippen LogP contribution in [0.1, 0.15) is 51.0 Å². The average molecular weight is 408 g/mol. The highest BCUT2D eigenvalue weighted by Gasteiger charge is 2.38. The van der Waals surface area contributed by atoms with E-state index in [-0.39, 0.29) is 29.1 Å². The van der Waals surface area contributed by atoms with Crippen LogP contribution in [0.2, 0.25) is 0 Å². The standard InChI is InChI=1S/C21H20N4O5/c1-2-30-21(29)14-7-9-24(10-8-14)18(26)13-3-5-15(6-4-13)25-19(27)16-11-22-12-23-17(16)20(25)28/h3-6,11-12,14H,2,7-10H2,1H3. The topological polar surface area (TPSA) is 110 Å². The smallest absolute Gasteiger partial charge is 0.309 e. The van der Waals surface area contributed by atoms with Gasteiger partial charge in [-0.05, 0) is 44.0 Å². The predicted molar refractivity (Wildman–Crippen MR) is 105 cm³/mol. The monoisotopic (exact) mass is 408 g/mol. The van der Waals surface area contributed by atoms with Crippen LogP contribution >= 0.6 is 0 Å². The second-order valence-corrected chi connectivity index (χ2v) is 7.10. The lowest BCUT2D eigenvalue weighted by Gasteiger charge is -2.31. The maximum Gasteiger partial charge on any atom is 0.309 e. The minimum Gasteiger partial charge on any atom is -0.466 e. The third-order valence-electron chi connectivity index (χ3n) is 5.33. The van der Waals surface area contributed by atoms with Crippen LogP contribution in [0, 0.1) is 5.92 Å². The van der Waals surface area contributed by atoms with Crippen molar-refractivity contribution in [1.29, 1.82) is 0 Å². The van der Waals surface area contributed by atoms with Crippen LogP contribution in [0.15, 0.2) is 36.8 Å². The molecule has 2 aromatic rings. The maximum absolute atomic E-state index is 12.8. The Morgan fingerprint density at radius 1 is 1.10 bits per heavy atom. The molecular formula is C21H20N4O5. The number of piperidine rings is 1. The zero-order chi connectivity index (χ0) is 21.3. The van der Waals surface area contributed by atoms with Gasteiger partial charge in [0.15, 0.2) is 0 Å². The van der Waals surface area contributed by atoms with Crippen molar-refractivity contribution in [2.75, 3.05) is 24.6 Å². The van der Waals surface area contributed by atoms with Crippen molar-refractivity contribution in [1.82, 2.24) is 14.9 Å². The number of carbonyl (C=O) groups is 4. The fourth-order valence-corrected chi connectivity index (χ4v) is 3.72. The Hall–Kier alpha value is -3.62. The Morgan fingerprint density at radius 2 is 1.80 bits per heavy atom. The molecule has 9 heteroatoms. The summed E-state index contributed by atoms with van der Waals surface area (Å²) in [5.41, 5.74) is 1.04. The number of imide groups is 1. The lowest BCUT2D eigenvalue weighted by Crippen LogP contribution is -2.40. The summed E-state index contributed by atoms with van der Waals surface area (Å²) in [4.78, 5) is 60.1. The second kappa shape index (κ2) is 8.02. The van der Waals surface area contributed by atoms with E-state index in [9.17, 15) is 19.2 Å². The molecule has 1 saturated heterocycles. The van der Waals surface area contributed by atoms with E-state index < -0.39 is 11.8 Å². The lowest BCUT2D eigenvalue weighted by molar-refractivity contribution is -0.149. The number of hydrogen-bond acceptors (Lipinski definition) is 7. The summed E-state index contributed by atoms with van der Waals surface area (Å²) in [7, 11) is 0. The molecule has 0 saturated carbocycles. The van der Waals surface area contributed by atoms with E-state index >= 15 is 0 Å². The molecule has 0 unspecified atom stereocenters. The Bertz CT molecular complexity index is 977. The van der Waals surface area contributed by atoms with Gasteiger partial charge in [-0.25, -0.2) is 14.9 Å². The minimum absolute atomic E-state index is 0.0691. The van der Waals surface area contributed by atoms with Crippen LogP contribution in [0.5, 0.6) is 0 Å². The van der Waals surface area contributed by atoms with E-state index in [2.05, 4.69) is 9.97 Å². The summed E-state index contributed by atoms with van der Waals surface area (Å²) in [5, 5.41) is 0. The van der Waals surface area contributed by atoms with Crippen molar-refractivity contribution in [2.24, 2.45) is 5.92 Å². The zero-order valence-corrected chi connectivity index (χ0v) is 16.4. The van der Waals surface area contributed by atoms with Gasteiger partial charge in [-0.1, -0.05) is 0 Å². The SMILES string of the molecule is CCOC(=O)C1CCN(C(=O)c2ccc(N3C(=O)c4cncnc4C3=O)cc2)CC1. The third-order valence-corrected chi connectivity index (χ3v) is 5.33. The summed E-state index contributed by atoms with van der Waals surface area (Å²) in [6.45, 7) is 3.07. The lowest BCUT2D eigenvalue weighted by atomic mass is 9.96. The molecule has 1 fully saturated rings. The molecule has 3 heterocycles. The molecule has 3 amide bonds. The molecule has 0 atom stereocenters. The summed E-state index contributed by atoms with van der Waals surface area (Å²) in [5.74, 6) is -1.54. The highest BCUT2D eigenvalue weighted by Crippen LogP contribution is 2.27. The Balaban J connectivity index is 1.43. The number of aromatic nitrogens is 2. The molecule has 9 nitrogen and oxygen atoms in total. The fraction of sp³-hybridized carbons (Fsp3) is 0.333. The van der Waals surface area contributed by atoms with Gasteiger partial charge >= 0.3 is 5.97 Å². The number of carbonyl (C=O) groups excluding carboxylic acids is 4. The number of hydrogen-bond donors (Lipinski definition) is 0. The van der Waals surface area contributed by atoms with Crippen LogP contribution in [0.25, 0.3) is 0 Å². The van der Waals surface area contributed by atoms with Gasteiger partial charge in [0.25, 0.3) is 17.7 Å². The van der Waals surface area contributed by atoms with E-state index in [1.165, 1.54) is 12.5 Å². The highest BCUT2D eigenvalue weighted by atomic mass is 16.5. The summed E-state index contributed by atoms with van der Waals surface area (Å²) in [6, 6.07) is 6.30. The van der Waals surface area contributed by atoms with E-state index in [1.807, 2.05) is 0 Å². The summed E-state index contributed by atoms with van der Waals surface area (Å²) in [6.07, 6.45) is 3.68. The quantitative estimate of drug-likeness (QED) is 0.559. The van der Waals surface area contributed by atoms with Crippen LogP contribution in [-0.4, -0.2) is 58.3 Å². The molecule has 154 valence electrons. The number of rotatable bonds is 4. The first-order valence-electron chi connectivity index (χ1n) is 9.76. The second-order valence-electron chi connectivity index (χ2n) is 7.10. The number of benzene rings is 1. The Kier molecular flexibility index (Phi) is 5.26. The largest absolute Gasteiger partial charge is 0.466 e. The number of fused-ring (bicyclic) bond motifs is 1. The van der Waals surface area contributed by atoms with Crippen LogP contribution in [0.4, 0.5) is 5.69 Å². The van der Waals surface area contributed by atoms with Gasteiger partial charge < -0.3 is 9.64 Å². The molecule has 0 spiro atoms. The van der Waals surface area contributed by atoms with Crippen molar-refractivity contribution in [3.8, 4) is 0 Å². The van der Waals surface area contributed by atoms with Gasteiger partial charge in [-0.3, -0.25) is 19.2 Å². The number of ether oxygens (including phenoxy) is 1. The first-order chi connectivity index (χ1) is 14.5. The van der Waals surface area contributed by atoms with Gasteiger partial charge in [0, 0.05) is 24.8 Å². The highest BCUT2D eigenvalue weighted by molar-refractivity contribution is 6.33. The minimum atomic E-state index is -0.516. The van der Waals surface area contributed by atoms with Gasteiger partial charge in [-0.15, -0.1) is 0 Å². The number of likely N-dealkylation sites (tertiary alicyclic amines) is 1. The Labute approximate surface area is 172 Å². The van der Waals surface area contributed by atoms with Gasteiger partial charge in [0.05, 0.1) is 23.8 Å². The molecule has 0 bridgehead atoms. The number of amides is 3. The third kappa shape index (κ3) is 3.42. The average Bonchev–Trinajstić information content (AvgIpc) is 3.04. The van der Waals surface area contributed by atoms with Crippen molar-refractivity contribution in [2.45, 2.75) is 19.8 Å². The number of anilines is 1. The molecule has 1 aromatic carbocycles. The first kappa shape index (κ1) is 19.7. The first-order valence-corrected chi connectivity index (χ1v) is 9.76. The van der Waals surface area contributed by atoms with Gasteiger partial charge in [0.2, 0.25) is 0 Å².